The van der Waals surface area contributed by atoms with Gasteiger partial charge in [-0.15, -0.1) is 0 Å². The molecule has 2 saturated carbocycles. The molecule has 0 aliphatic heterocycles. The Balaban J connectivity index is 1.78. The van der Waals surface area contributed by atoms with E-state index < -0.39 is 41.8 Å². The molecule has 0 aromatic rings. The average molecular weight is 510 g/mol. The van der Waals surface area contributed by atoms with Crippen LogP contribution in [0.3, 0.4) is 0 Å². The zero-order valence-electron chi connectivity index (χ0n) is 20.7. The van der Waals surface area contributed by atoms with Gasteiger partial charge in [-0.1, -0.05) is 0 Å². The third-order valence-electron chi connectivity index (χ3n) is 6.37. The standard InChI is InChI=1S/C25H39N3O8/c26-19(24(32)33)11-5-6-16-27-21(29)13-14-22(30)28-20(25(34)36-18-9-3-4-10-18)12-15-23(31)35-17-7-1-2-8-17/h13-14,17-20H,1-12,15-16,26H2,(H,27,29)(H,28,30)(H,32,33)/b14-13+/t19-,20+/m1/s1. The highest BCUT2D eigenvalue weighted by Crippen LogP contribution is 2.23. The molecular formula is C25H39N3O8. The van der Waals surface area contributed by atoms with E-state index in [1.807, 2.05) is 0 Å². The number of esters is 2. The van der Waals surface area contributed by atoms with Crippen molar-refractivity contribution in [1.82, 2.24) is 10.6 Å². The van der Waals surface area contributed by atoms with Crippen LogP contribution in [0.4, 0.5) is 0 Å². The van der Waals surface area contributed by atoms with Gasteiger partial charge in [-0.05, 0) is 77.0 Å². The lowest BCUT2D eigenvalue weighted by Gasteiger charge is -2.20. The fourth-order valence-electron chi connectivity index (χ4n) is 4.27. The number of nitrogens with two attached hydrogens (primary N) is 1. The van der Waals surface area contributed by atoms with Crippen molar-refractivity contribution in [2.75, 3.05) is 6.54 Å². The Hall–Kier alpha value is -2.95. The van der Waals surface area contributed by atoms with Gasteiger partial charge >= 0.3 is 17.9 Å². The van der Waals surface area contributed by atoms with Crippen LogP contribution in [0.5, 0.6) is 0 Å². The normalized spacial score (nSPS) is 18.0. The van der Waals surface area contributed by atoms with E-state index in [9.17, 15) is 24.0 Å². The number of carbonyl (C=O) groups excluding carboxylic acids is 4. The highest BCUT2D eigenvalue weighted by Gasteiger charge is 2.28. The second-order valence-corrected chi connectivity index (χ2v) is 9.40. The van der Waals surface area contributed by atoms with E-state index in [-0.39, 0.29) is 25.0 Å². The van der Waals surface area contributed by atoms with Crippen molar-refractivity contribution in [3.8, 4) is 0 Å². The fourth-order valence-corrected chi connectivity index (χ4v) is 4.27. The van der Waals surface area contributed by atoms with Crippen molar-refractivity contribution in [3.05, 3.63) is 12.2 Å². The van der Waals surface area contributed by atoms with Crippen LogP contribution >= 0.6 is 0 Å². The van der Waals surface area contributed by atoms with Crippen LogP contribution in [-0.4, -0.2) is 65.7 Å². The van der Waals surface area contributed by atoms with E-state index in [2.05, 4.69) is 10.6 Å². The summed E-state index contributed by atoms with van der Waals surface area (Å²) in [5.41, 5.74) is 5.42. The van der Waals surface area contributed by atoms with Crippen LogP contribution in [0.15, 0.2) is 12.2 Å². The third kappa shape index (κ3) is 11.7. The summed E-state index contributed by atoms with van der Waals surface area (Å²) < 4.78 is 11.0. The van der Waals surface area contributed by atoms with Gasteiger partial charge in [-0.25, -0.2) is 4.79 Å². The van der Waals surface area contributed by atoms with E-state index in [1.54, 1.807) is 0 Å². The van der Waals surface area contributed by atoms with Crippen LogP contribution in [0, 0.1) is 0 Å². The number of aliphatic carboxylic acids is 1. The van der Waals surface area contributed by atoms with Gasteiger partial charge < -0.3 is 30.9 Å². The SMILES string of the molecule is N[C@H](CCCCNC(=O)/C=C/C(=O)N[C@@H](CCC(=O)OC1CCCC1)C(=O)OC1CCCC1)C(=O)O. The first-order valence-electron chi connectivity index (χ1n) is 12.9. The van der Waals surface area contributed by atoms with Gasteiger partial charge in [0.05, 0.1) is 0 Å². The number of amides is 2. The topological polar surface area (TPSA) is 174 Å². The molecule has 5 N–H and O–H groups in total. The predicted molar refractivity (Wildman–Crippen MR) is 129 cm³/mol. The Morgan fingerprint density at radius 1 is 0.861 bits per heavy atom. The molecule has 2 rings (SSSR count). The van der Waals surface area contributed by atoms with Crippen LogP contribution in [-0.2, 0) is 33.4 Å². The van der Waals surface area contributed by atoms with Gasteiger partial charge in [-0.3, -0.25) is 19.2 Å². The molecule has 0 radical (unpaired) electrons. The Morgan fingerprint density at radius 2 is 1.44 bits per heavy atom. The zero-order valence-corrected chi connectivity index (χ0v) is 20.7. The number of carboxylic acids is 1. The van der Waals surface area contributed by atoms with Gasteiger partial charge in [0.25, 0.3) is 0 Å². The molecule has 0 heterocycles. The summed E-state index contributed by atoms with van der Waals surface area (Å²) in [6.07, 6.45) is 10.5. The first-order chi connectivity index (χ1) is 17.2. The minimum atomic E-state index is -1.07. The fraction of sp³-hybridized carbons (Fsp3) is 0.720. The second kappa shape index (κ2) is 15.9. The molecule has 36 heavy (non-hydrogen) atoms. The van der Waals surface area contributed by atoms with E-state index >= 15 is 0 Å². The number of unbranched alkanes of at least 4 members (excludes halogenated alkanes) is 1. The second-order valence-electron chi connectivity index (χ2n) is 9.40. The van der Waals surface area contributed by atoms with E-state index in [4.69, 9.17) is 20.3 Å². The summed E-state index contributed by atoms with van der Waals surface area (Å²) in [5, 5.41) is 13.9. The summed E-state index contributed by atoms with van der Waals surface area (Å²) >= 11 is 0. The molecule has 2 aliphatic rings. The molecule has 2 aliphatic carbocycles. The van der Waals surface area contributed by atoms with Crippen LogP contribution in [0.1, 0.15) is 83.5 Å². The largest absolute Gasteiger partial charge is 0.480 e. The maximum Gasteiger partial charge on any atom is 0.328 e. The van der Waals surface area contributed by atoms with Crippen molar-refractivity contribution in [3.63, 3.8) is 0 Å². The summed E-state index contributed by atoms with van der Waals surface area (Å²) in [6.45, 7) is 0.302. The van der Waals surface area contributed by atoms with Crippen molar-refractivity contribution in [1.29, 1.82) is 0 Å². The number of carboxylic acid groups (broad SMARTS) is 1. The highest BCUT2D eigenvalue weighted by molar-refractivity contribution is 5.98. The summed E-state index contributed by atoms with van der Waals surface area (Å²) in [5.74, 6) is -3.23. The quantitative estimate of drug-likeness (QED) is 0.145. The molecule has 0 aromatic carbocycles. The van der Waals surface area contributed by atoms with Crippen LogP contribution < -0.4 is 16.4 Å². The Labute approximate surface area is 211 Å². The number of nitrogens with one attached hydrogen (secondary N) is 2. The molecule has 202 valence electrons. The van der Waals surface area contributed by atoms with Crippen molar-refractivity contribution < 1.29 is 38.6 Å². The molecule has 2 amide bonds. The molecule has 0 aromatic heterocycles. The van der Waals surface area contributed by atoms with Crippen molar-refractivity contribution in [2.45, 2.75) is 108 Å². The maximum absolute atomic E-state index is 12.7. The molecule has 0 bridgehead atoms. The highest BCUT2D eigenvalue weighted by atomic mass is 16.5. The monoisotopic (exact) mass is 509 g/mol. The lowest BCUT2D eigenvalue weighted by atomic mass is 10.1. The number of hydrogen-bond donors (Lipinski definition) is 4. The third-order valence-corrected chi connectivity index (χ3v) is 6.37. The van der Waals surface area contributed by atoms with E-state index in [1.165, 1.54) is 0 Å². The summed E-state index contributed by atoms with van der Waals surface area (Å²) in [7, 11) is 0. The molecule has 0 spiro atoms. The first-order valence-corrected chi connectivity index (χ1v) is 12.9. The van der Waals surface area contributed by atoms with Crippen LogP contribution in [0.2, 0.25) is 0 Å². The molecule has 11 heteroatoms. The minimum Gasteiger partial charge on any atom is -0.480 e. The number of rotatable bonds is 15. The molecule has 2 atom stereocenters. The lowest BCUT2D eigenvalue weighted by Crippen LogP contribution is -2.42. The smallest absolute Gasteiger partial charge is 0.328 e. The number of hydrogen-bond acceptors (Lipinski definition) is 8. The summed E-state index contributed by atoms with van der Waals surface area (Å²) in [4.78, 5) is 59.9. The average Bonchev–Trinajstić information content (AvgIpc) is 3.54. The van der Waals surface area contributed by atoms with Crippen molar-refractivity contribution >= 4 is 29.7 Å². The van der Waals surface area contributed by atoms with Gasteiger partial charge in [-0.2, -0.15) is 0 Å². The number of carbonyl (C=O) groups is 5. The number of ether oxygens (including phenoxy) is 2. The van der Waals surface area contributed by atoms with E-state index in [0.29, 0.717) is 25.8 Å². The Morgan fingerprint density at radius 3 is 2.06 bits per heavy atom. The molecule has 0 unspecified atom stereocenters. The molecular weight excluding hydrogens is 470 g/mol. The zero-order chi connectivity index (χ0) is 26.3. The Kier molecular flexibility index (Phi) is 13.0. The van der Waals surface area contributed by atoms with Gasteiger partial charge in [0.2, 0.25) is 11.8 Å². The molecule has 2 fully saturated rings. The van der Waals surface area contributed by atoms with Gasteiger partial charge in [0.1, 0.15) is 24.3 Å². The molecule has 11 nitrogen and oxygen atoms in total. The van der Waals surface area contributed by atoms with Crippen molar-refractivity contribution in [2.24, 2.45) is 5.73 Å². The van der Waals surface area contributed by atoms with Gasteiger partial charge in [0.15, 0.2) is 0 Å². The van der Waals surface area contributed by atoms with Crippen LogP contribution in [0.25, 0.3) is 0 Å². The Bertz CT molecular complexity index is 788. The lowest BCUT2D eigenvalue weighted by molar-refractivity contribution is -0.154. The summed E-state index contributed by atoms with van der Waals surface area (Å²) in [6, 6.07) is -1.96. The first kappa shape index (κ1) is 29.3. The molecule has 0 saturated heterocycles. The maximum atomic E-state index is 12.7. The minimum absolute atomic E-state index is 0.0308. The van der Waals surface area contributed by atoms with E-state index in [0.717, 1.165) is 63.5 Å². The predicted octanol–water partition coefficient (Wildman–Crippen LogP) is 1.48. The van der Waals surface area contributed by atoms with Gasteiger partial charge in [0, 0.05) is 25.1 Å².